The lowest BCUT2D eigenvalue weighted by atomic mass is 10.1. The van der Waals surface area contributed by atoms with E-state index in [4.69, 9.17) is 0 Å². The molecule has 0 saturated carbocycles. The number of nitrogens with one attached hydrogen (secondary N) is 2. The first-order valence-corrected chi connectivity index (χ1v) is 7.88. The smallest absolute Gasteiger partial charge is 0.259 e. The molecule has 4 nitrogen and oxygen atoms in total. The first-order chi connectivity index (χ1) is 11.8. The van der Waals surface area contributed by atoms with Crippen molar-refractivity contribution >= 4 is 17.3 Å². The Morgan fingerprint density at radius 3 is 2.28 bits per heavy atom. The molecule has 25 heavy (non-hydrogen) atoms. The van der Waals surface area contributed by atoms with Crippen molar-refractivity contribution in [1.82, 2.24) is 5.43 Å². The van der Waals surface area contributed by atoms with Crippen molar-refractivity contribution < 1.29 is 13.6 Å². The van der Waals surface area contributed by atoms with Crippen LogP contribution in [0.2, 0.25) is 0 Å². The molecule has 2 N–H and O–H groups in total. The number of halogens is 2. The Morgan fingerprint density at radius 2 is 1.68 bits per heavy atom. The van der Waals surface area contributed by atoms with E-state index in [1.54, 1.807) is 6.92 Å². The molecule has 2 aromatic rings. The second-order valence-electron chi connectivity index (χ2n) is 5.99. The van der Waals surface area contributed by atoms with Gasteiger partial charge in [0.25, 0.3) is 5.91 Å². The second-order valence-corrected chi connectivity index (χ2v) is 5.99. The largest absolute Gasteiger partial charge is 0.376 e. The van der Waals surface area contributed by atoms with Crippen LogP contribution in [-0.2, 0) is 4.79 Å². The molecule has 0 saturated heterocycles. The van der Waals surface area contributed by atoms with Gasteiger partial charge in [-0.15, -0.1) is 0 Å². The van der Waals surface area contributed by atoms with Crippen LogP contribution in [0.25, 0.3) is 0 Å². The van der Waals surface area contributed by atoms with Crippen molar-refractivity contribution in [2.24, 2.45) is 5.10 Å². The third-order valence-electron chi connectivity index (χ3n) is 3.79. The molecule has 0 spiro atoms. The number of benzene rings is 2. The minimum Gasteiger partial charge on any atom is -0.376 e. The number of aryl methyl sites for hydroxylation is 3. The van der Waals surface area contributed by atoms with Crippen molar-refractivity contribution in [3.8, 4) is 0 Å². The Morgan fingerprint density at radius 1 is 1.04 bits per heavy atom. The maximum atomic E-state index is 13.2. The number of amides is 1. The number of carbonyl (C=O) groups excluding carboxylic acids is 1. The van der Waals surface area contributed by atoms with Crippen molar-refractivity contribution in [2.75, 3.05) is 11.9 Å². The van der Waals surface area contributed by atoms with E-state index in [0.29, 0.717) is 11.3 Å². The minimum atomic E-state index is -0.953. The van der Waals surface area contributed by atoms with E-state index in [1.807, 2.05) is 32.9 Å². The van der Waals surface area contributed by atoms with Crippen LogP contribution in [0.1, 0.15) is 29.2 Å². The van der Waals surface area contributed by atoms with Crippen molar-refractivity contribution in [3.05, 3.63) is 64.2 Å². The summed E-state index contributed by atoms with van der Waals surface area (Å²) in [4.78, 5) is 11.9. The monoisotopic (exact) mass is 345 g/mol. The fraction of sp³-hybridized carbons (Fsp3) is 0.263. The van der Waals surface area contributed by atoms with Crippen LogP contribution in [0.4, 0.5) is 14.5 Å². The van der Waals surface area contributed by atoms with Gasteiger partial charge in [-0.25, -0.2) is 14.2 Å². The SMILES string of the molecule is C/C(=N/NC(=O)CNc1c(C)cc(C)cc1C)c1ccc(F)c(F)c1. The molecule has 0 atom stereocenters. The molecule has 0 bridgehead atoms. The van der Waals surface area contributed by atoms with Crippen LogP contribution in [-0.4, -0.2) is 18.2 Å². The molecule has 2 rings (SSSR count). The summed E-state index contributed by atoms with van der Waals surface area (Å²) in [5.41, 5.74) is 7.40. The molecule has 0 radical (unpaired) electrons. The number of nitrogens with zero attached hydrogens (tertiary/aromatic N) is 1. The lowest BCUT2D eigenvalue weighted by Crippen LogP contribution is -2.27. The lowest BCUT2D eigenvalue weighted by Gasteiger charge is -2.13. The van der Waals surface area contributed by atoms with Gasteiger partial charge >= 0.3 is 0 Å². The molecule has 6 heteroatoms. The standard InChI is InChI=1S/C19H21F2N3O/c1-11-7-12(2)19(13(3)8-11)22-10-18(25)24-23-14(4)15-5-6-16(20)17(21)9-15/h5-9,22H,10H2,1-4H3,(H,24,25)/b23-14-. The van der Waals surface area contributed by atoms with Crippen LogP contribution in [0.3, 0.4) is 0 Å². The van der Waals surface area contributed by atoms with Gasteiger partial charge in [0.2, 0.25) is 0 Å². The van der Waals surface area contributed by atoms with Crippen LogP contribution >= 0.6 is 0 Å². The van der Waals surface area contributed by atoms with Gasteiger partial charge in [0, 0.05) is 11.3 Å². The van der Waals surface area contributed by atoms with E-state index in [2.05, 4.69) is 15.8 Å². The fourth-order valence-electron chi connectivity index (χ4n) is 2.60. The van der Waals surface area contributed by atoms with E-state index in [-0.39, 0.29) is 12.5 Å². The van der Waals surface area contributed by atoms with Gasteiger partial charge in [-0.3, -0.25) is 4.79 Å². The normalized spacial score (nSPS) is 11.4. The van der Waals surface area contributed by atoms with Crippen molar-refractivity contribution in [2.45, 2.75) is 27.7 Å². The Balaban J connectivity index is 1.97. The maximum absolute atomic E-state index is 13.2. The van der Waals surface area contributed by atoms with E-state index in [1.165, 1.54) is 6.07 Å². The van der Waals surface area contributed by atoms with E-state index < -0.39 is 11.6 Å². The van der Waals surface area contributed by atoms with Gasteiger partial charge in [0.1, 0.15) is 0 Å². The molecule has 0 aliphatic rings. The molecule has 132 valence electrons. The Kier molecular flexibility index (Phi) is 5.85. The van der Waals surface area contributed by atoms with Gasteiger partial charge in [-0.1, -0.05) is 17.7 Å². The van der Waals surface area contributed by atoms with Gasteiger partial charge in [0.15, 0.2) is 11.6 Å². The number of hydrazone groups is 1. The fourth-order valence-corrected chi connectivity index (χ4v) is 2.60. The Bertz CT molecular complexity index is 808. The molecule has 1 amide bonds. The molecule has 2 aromatic carbocycles. The highest BCUT2D eigenvalue weighted by atomic mass is 19.2. The average Bonchev–Trinajstić information content (AvgIpc) is 2.54. The summed E-state index contributed by atoms with van der Waals surface area (Å²) in [7, 11) is 0. The van der Waals surface area contributed by atoms with Crippen LogP contribution in [0.5, 0.6) is 0 Å². The summed E-state index contributed by atoms with van der Waals surface area (Å²) in [5, 5.41) is 7.02. The number of anilines is 1. The zero-order valence-electron chi connectivity index (χ0n) is 14.7. The van der Waals surface area contributed by atoms with E-state index in [9.17, 15) is 13.6 Å². The predicted molar refractivity (Wildman–Crippen MR) is 95.9 cm³/mol. The molecular formula is C19H21F2N3O. The lowest BCUT2D eigenvalue weighted by molar-refractivity contribution is -0.119. The third kappa shape index (κ3) is 4.86. The number of hydrogen-bond acceptors (Lipinski definition) is 3. The van der Waals surface area contributed by atoms with Gasteiger partial charge in [0.05, 0.1) is 12.3 Å². The number of hydrogen-bond donors (Lipinski definition) is 2. The first kappa shape index (κ1) is 18.6. The Hall–Kier alpha value is -2.76. The van der Waals surface area contributed by atoms with E-state index >= 15 is 0 Å². The molecule has 0 unspecified atom stereocenters. The summed E-state index contributed by atoms with van der Waals surface area (Å²) < 4.78 is 26.2. The molecule has 0 aliphatic heterocycles. The van der Waals surface area contributed by atoms with Crippen LogP contribution in [0, 0.1) is 32.4 Å². The summed E-state index contributed by atoms with van der Waals surface area (Å²) >= 11 is 0. The number of rotatable bonds is 5. The minimum absolute atomic E-state index is 0.0549. The molecule has 0 aromatic heterocycles. The number of carbonyl (C=O) groups is 1. The van der Waals surface area contributed by atoms with Gasteiger partial charge in [-0.2, -0.15) is 5.10 Å². The molecule has 0 aliphatic carbocycles. The predicted octanol–water partition coefficient (Wildman–Crippen LogP) is 3.84. The van der Waals surface area contributed by atoms with Crippen molar-refractivity contribution in [3.63, 3.8) is 0 Å². The Labute approximate surface area is 146 Å². The highest BCUT2D eigenvalue weighted by molar-refractivity contribution is 5.99. The van der Waals surface area contributed by atoms with Crippen LogP contribution < -0.4 is 10.7 Å². The topological polar surface area (TPSA) is 53.5 Å². The van der Waals surface area contributed by atoms with E-state index in [0.717, 1.165) is 34.5 Å². The highest BCUT2D eigenvalue weighted by Crippen LogP contribution is 2.21. The van der Waals surface area contributed by atoms with Crippen LogP contribution in [0.15, 0.2) is 35.4 Å². The zero-order chi connectivity index (χ0) is 18.6. The first-order valence-electron chi connectivity index (χ1n) is 7.88. The zero-order valence-corrected chi connectivity index (χ0v) is 14.7. The molecular weight excluding hydrogens is 324 g/mol. The quantitative estimate of drug-likeness (QED) is 0.639. The average molecular weight is 345 g/mol. The summed E-state index contributed by atoms with van der Waals surface area (Å²) in [5.74, 6) is -2.21. The summed E-state index contributed by atoms with van der Waals surface area (Å²) in [6, 6.07) is 7.55. The summed E-state index contributed by atoms with van der Waals surface area (Å²) in [6.45, 7) is 7.64. The van der Waals surface area contributed by atoms with Crippen molar-refractivity contribution in [1.29, 1.82) is 0 Å². The third-order valence-corrected chi connectivity index (χ3v) is 3.79. The highest BCUT2D eigenvalue weighted by Gasteiger charge is 2.08. The molecule has 0 heterocycles. The van der Waals surface area contributed by atoms with Gasteiger partial charge in [-0.05, 0) is 57.0 Å². The van der Waals surface area contributed by atoms with Gasteiger partial charge < -0.3 is 5.32 Å². The second kappa shape index (κ2) is 7.88. The summed E-state index contributed by atoms with van der Waals surface area (Å²) in [6.07, 6.45) is 0. The molecule has 0 fully saturated rings. The maximum Gasteiger partial charge on any atom is 0.259 e.